The Bertz CT molecular complexity index is 207. The van der Waals surface area contributed by atoms with E-state index in [2.05, 4.69) is 5.32 Å². The van der Waals surface area contributed by atoms with Crippen molar-refractivity contribution in [3.63, 3.8) is 0 Å². The van der Waals surface area contributed by atoms with Crippen LogP contribution in [0.25, 0.3) is 0 Å². The Morgan fingerprint density at radius 3 is 2.29 bits per heavy atom. The highest BCUT2D eigenvalue weighted by Crippen LogP contribution is 2.09. The van der Waals surface area contributed by atoms with Crippen LogP contribution in [-0.4, -0.2) is 30.7 Å². The Hall–Kier alpha value is -0.320. The van der Waals surface area contributed by atoms with Crippen LogP contribution < -0.4 is 11.1 Å². The van der Waals surface area contributed by atoms with E-state index in [1.807, 2.05) is 27.7 Å². The number of nitrogens with one attached hydrogen (secondary N) is 1. The topological polar surface area (TPSA) is 64.3 Å². The highest BCUT2D eigenvalue weighted by atomic mass is 35.5. The van der Waals surface area contributed by atoms with E-state index in [-0.39, 0.29) is 30.0 Å². The molecule has 0 aromatic rings. The summed E-state index contributed by atoms with van der Waals surface area (Å²) in [6.45, 7) is 9.00. The summed E-state index contributed by atoms with van der Waals surface area (Å²) >= 11 is 0. The number of hydrogen-bond donors (Lipinski definition) is 2. The van der Waals surface area contributed by atoms with Gasteiger partial charge in [-0.1, -0.05) is 13.8 Å². The van der Waals surface area contributed by atoms with Crippen LogP contribution in [0.3, 0.4) is 0 Å². The lowest BCUT2D eigenvalue weighted by Gasteiger charge is -2.26. The van der Waals surface area contributed by atoms with Crippen LogP contribution in [0, 0.1) is 0 Å². The minimum atomic E-state index is -0.269. The summed E-state index contributed by atoms with van der Waals surface area (Å²) in [6.07, 6.45) is 2.31. The molecule has 0 aliphatic rings. The maximum atomic E-state index is 11.5. The van der Waals surface area contributed by atoms with Gasteiger partial charge in [0.1, 0.15) is 0 Å². The van der Waals surface area contributed by atoms with Crippen LogP contribution in [0.2, 0.25) is 0 Å². The van der Waals surface area contributed by atoms with Crippen molar-refractivity contribution in [1.29, 1.82) is 0 Å². The SMILES string of the molecule is CCC(N)(CC)CNC(=O)CCOC(C)C.Cl. The third kappa shape index (κ3) is 9.39. The summed E-state index contributed by atoms with van der Waals surface area (Å²) < 4.78 is 5.31. The highest BCUT2D eigenvalue weighted by molar-refractivity contribution is 5.85. The normalized spacial score (nSPS) is 11.2. The van der Waals surface area contributed by atoms with Gasteiger partial charge in [-0.2, -0.15) is 0 Å². The first-order valence-corrected chi connectivity index (χ1v) is 6.10. The summed E-state index contributed by atoms with van der Waals surface area (Å²) in [5.74, 6) is 0.0115. The van der Waals surface area contributed by atoms with Gasteiger partial charge in [0, 0.05) is 18.5 Å². The van der Waals surface area contributed by atoms with Gasteiger partial charge in [0.15, 0.2) is 0 Å². The molecule has 3 N–H and O–H groups in total. The lowest BCUT2D eigenvalue weighted by Crippen LogP contribution is -2.49. The molecule has 0 radical (unpaired) electrons. The van der Waals surface area contributed by atoms with E-state index in [9.17, 15) is 4.79 Å². The molecule has 0 unspecified atom stereocenters. The zero-order valence-electron chi connectivity index (χ0n) is 11.4. The fourth-order valence-corrected chi connectivity index (χ4v) is 1.25. The second-order valence-electron chi connectivity index (χ2n) is 4.52. The number of ether oxygens (including phenoxy) is 1. The van der Waals surface area contributed by atoms with Gasteiger partial charge in [0.05, 0.1) is 12.7 Å². The summed E-state index contributed by atoms with van der Waals surface area (Å²) in [5, 5.41) is 2.85. The monoisotopic (exact) mass is 266 g/mol. The standard InChI is InChI=1S/C12H26N2O2.ClH/c1-5-12(13,6-2)9-14-11(15)7-8-16-10(3)4;/h10H,5-9,13H2,1-4H3,(H,14,15);1H. The van der Waals surface area contributed by atoms with Crippen molar-refractivity contribution in [2.24, 2.45) is 5.73 Å². The third-order valence-electron chi connectivity index (χ3n) is 2.83. The zero-order chi connectivity index (χ0) is 12.6. The van der Waals surface area contributed by atoms with E-state index in [0.29, 0.717) is 19.6 Å². The van der Waals surface area contributed by atoms with Crippen LogP contribution >= 0.6 is 12.4 Å². The molecule has 0 bridgehead atoms. The number of nitrogens with two attached hydrogens (primary N) is 1. The van der Waals surface area contributed by atoms with E-state index in [0.717, 1.165) is 12.8 Å². The molecule has 0 aliphatic carbocycles. The number of hydrogen-bond acceptors (Lipinski definition) is 3. The maximum Gasteiger partial charge on any atom is 0.222 e. The molecular weight excluding hydrogens is 240 g/mol. The second kappa shape index (κ2) is 9.68. The first-order valence-electron chi connectivity index (χ1n) is 6.10. The number of carbonyl (C=O) groups excluding carboxylic acids is 1. The summed E-state index contributed by atoms with van der Waals surface area (Å²) in [6, 6.07) is 0. The fraction of sp³-hybridized carbons (Fsp3) is 0.917. The van der Waals surface area contributed by atoms with Gasteiger partial charge in [-0.3, -0.25) is 4.79 Å². The first-order chi connectivity index (χ1) is 7.43. The van der Waals surface area contributed by atoms with Crippen LogP contribution in [0.4, 0.5) is 0 Å². The third-order valence-corrected chi connectivity index (χ3v) is 2.83. The largest absolute Gasteiger partial charge is 0.378 e. The minimum Gasteiger partial charge on any atom is -0.378 e. The summed E-state index contributed by atoms with van der Waals surface area (Å²) in [5.41, 5.74) is 5.81. The molecule has 5 heteroatoms. The molecule has 0 spiro atoms. The number of amides is 1. The average Bonchev–Trinajstić information content (AvgIpc) is 2.25. The zero-order valence-corrected chi connectivity index (χ0v) is 12.2. The molecular formula is C12H27ClN2O2. The molecule has 0 aliphatic heterocycles. The Balaban J connectivity index is 0. The average molecular weight is 267 g/mol. The minimum absolute atomic E-state index is 0. The van der Waals surface area contributed by atoms with Crippen molar-refractivity contribution in [2.45, 2.75) is 58.6 Å². The highest BCUT2D eigenvalue weighted by Gasteiger charge is 2.20. The Kier molecular flexibility index (Phi) is 10.8. The van der Waals surface area contributed by atoms with Crippen molar-refractivity contribution in [3.8, 4) is 0 Å². The van der Waals surface area contributed by atoms with Crippen LogP contribution in [0.15, 0.2) is 0 Å². The van der Waals surface area contributed by atoms with Gasteiger partial charge in [0.25, 0.3) is 0 Å². The van der Waals surface area contributed by atoms with Crippen molar-refractivity contribution in [1.82, 2.24) is 5.32 Å². The molecule has 0 rings (SSSR count). The van der Waals surface area contributed by atoms with Crippen molar-refractivity contribution < 1.29 is 9.53 Å². The van der Waals surface area contributed by atoms with Crippen molar-refractivity contribution in [3.05, 3.63) is 0 Å². The molecule has 0 aromatic carbocycles. The van der Waals surface area contributed by atoms with Gasteiger partial charge in [0.2, 0.25) is 5.91 Å². The molecule has 0 saturated carbocycles. The molecule has 104 valence electrons. The number of halogens is 1. The van der Waals surface area contributed by atoms with E-state index < -0.39 is 0 Å². The van der Waals surface area contributed by atoms with Crippen LogP contribution in [0.1, 0.15) is 47.0 Å². The predicted octanol–water partition coefficient (Wildman–Crippen LogP) is 1.86. The molecule has 0 atom stereocenters. The first kappa shape index (κ1) is 19.0. The van der Waals surface area contributed by atoms with E-state index in [1.54, 1.807) is 0 Å². The Morgan fingerprint density at radius 2 is 1.88 bits per heavy atom. The lowest BCUT2D eigenvalue weighted by molar-refractivity contribution is -0.122. The second-order valence-corrected chi connectivity index (χ2v) is 4.52. The quantitative estimate of drug-likeness (QED) is 0.705. The van der Waals surface area contributed by atoms with E-state index >= 15 is 0 Å². The molecule has 1 amide bonds. The van der Waals surface area contributed by atoms with Crippen LogP contribution in [-0.2, 0) is 9.53 Å². The molecule has 4 nitrogen and oxygen atoms in total. The lowest BCUT2D eigenvalue weighted by atomic mass is 9.94. The van der Waals surface area contributed by atoms with Gasteiger partial charge >= 0.3 is 0 Å². The molecule has 0 heterocycles. The molecule has 0 fully saturated rings. The van der Waals surface area contributed by atoms with Crippen molar-refractivity contribution in [2.75, 3.05) is 13.2 Å². The smallest absolute Gasteiger partial charge is 0.222 e. The van der Waals surface area contributed by atoms with Gasteiger partial charge in [-0.05, 0) is 26.7 Å². The predicted molar refractivity (Wildman–Crippen MR) is 73.5 cm³/mol. The number of rotatable bonds is 8. The summed E-state index contributed by atoms with van der Waals surface area (Å²) in [7, 11) is 0. The van der Waals surface area contributed by atoms with Gasteiger partial charge < -0.3 is 15.8 Å². The summed E-state index contributed by atoms with van der Waals surface area (Å²) in [4.78, 5) is 11.5. The Morgan fingerprint density at radius 1 is 1.35 bits per heavy atom. The fourth-order valence-electron chi connectivity index (χ4n) is 1.25. The van der Waals surface area contributed by atoms with Gasteiger partial charge in [-0.15, -0.1) is 12.4 Å². The van der Waals surface area contributed by atoms with E-state index in [1.165, 1.54) is 0 Å². The molecule has 17 heavy (non-hydrogen) atoms. The Labute approximate surface area is 111 Å². The maximum absolute atomic E-state index is 11.5. The molecule has 0 aromatic heterocycles. The molecule has 0 saturated heterocycles. The van der Waals surface area contributed by atoms with E-state index in [4.69, 9.17) is 10.5 Å². The van der Waals surface area contributed by atoms with Crippen LogP contribution in [0.5, 0.6) is 0 Å². The van der Waals surface area contributed by atoms with Gasteiger partial charge in [-0.25, -0.2) is 0 Å². The van der Waals surface area contributed by atoms with Crippen molar-refractivity contribution >= 4 is 18.3 Å². The number of carbonyl (C=O) groups is 1.